The molecule has 1 N–H and O–H groups in total. The van der Waals surface area contributed by atoms with E-state index in [1.807, 2.05) is 0 Å². The van der Waals surface area contributed by atoms with E-state index in [4.69, 9.17) is 0 Å². The summed E-state index contributed by atoms with van der Waals surface area (Å²) in [6.45, 7) is 0. The van der Waals surface area contributed by atoms with E-state index < -0.39 is 17.3 Å². The van der Waals surface area contributed by atoms with Gasteiger partial charge in [0.25, 0.3) is 0 Å². The number of hydrogen-bond donors (Lipinski definition) is 1. The zero-order chi connectivity index (χ0) is 12.6. The predicted molar refractivity (Wildman–Crippen MR) is 68.2 cm³/mol. The number of aliphatic hydroxyl groups is 1. The summed E-state index contributed by atoms with van der Waals surface area (Å²) in [5, 5.41) is 10.7. The fourth-order valence-corrected chi connectivity index (χ4v) is 3.36. The Labute approximate surface area is 116 Å². The molecule has 2 heterocycles. The molecule has 0 aliphatic rings. The number of thiophene rings is 1. The molecule has 2 nitrogen and oxygen atoms in total. The molecule has 0 saturated heterocycles. The van der Waals surface area contributed by atoms with Crippen LogP contribution in [0.3, 0.4) is 0 Å². The molecule has 0 spiro atoms. The Morgan fingerprint density at radius 1 is 1.41 bits per heavy atom. The van der Waals surface area contributed by atoms with E-state index in [-0.39, 0.29) is 4.88 Å². The highest BCUT2D eigenvalue weighted by molar-refractivity contribution is 14.1. The van der Waals surface area contributed by atoms with Crippen LogP contribution >= 0.6 is 45.3 Å². The Morgan fingerprint density at radius 2 is 2.12 bits per heavy atom. The molecule has 0 saturated carbocycles. The third-order valence-corrected chi connectivity index (χ3v) is 4.84. The van der Waals surface area contributed by atoms with Crippen molar-refractivity contribution in [2.45, 2.75) is 12.3 Å². The molecular weight excluding hydrogens is 386 g/mol. The topological polar surface area (TPSA) is 33.1 Å². The van der Waals surface area contributed by atoms with Crippen molar-refractivity contribution in [1.82, 2.24) is 4.98 Å². The van der Waals surface area contributed by atoms with Gasteiger partial charge in [-0.1, -0.05) is 0 Å². The van der Waals surface area contributed by atoms with Crippen molar-refractivity contribution >= 4 is 45.3 Å². The summed E-state index contributed by atoms with van der Waals surface area (Å²) in [6, 6.07) is 1.74. The minimum atomic E-state index is -4.45. The summed E-state index contributed by atoms with van der Waals surface area (Å²) in [4.78, 5) is 3.48. The van der Waals surface area contributed by atoms with Crippen LogP contribution in [0.4, 0.5) is 13.2 Å². The summed E-state index contributed by atoms with van der Waals surface area (Å²) in [7, 11) is 0. The summed E-state index contributed by atoms with van der Waals surface area (Å²) in [5.41, 5.74) is 0.594. The summed E-state index contributed by atoms with van der Waals surface area (Å²) in [5.74, 6) is 0. The average molecular weight is 391 g/mol. The van der Waals surface area contributed by atoms with Gasteiger partial charge < -0.3 is 5.11 Å². The highest BCUT2D eigenvalue weighted by Gasteiger charge is 2.35. The molecule has 17 heavy (non-hydrogen) atoms. The summed E-state index contributed by atoms with van der Waals surface area (Å²) < 4.78 is 38.0. The van der Waals surface area contributed by atoms with Crippen molar-refractivity contribution in [3.05, 3.63) is 36.0 Å². The van der Waals surface area contributed by atoms with Crippen LogP contribution in [0.2, 0.25) is 0 Å². The second-order valence-corrected chi connectivity index (χ2v) is 7.02. The van der Waals surface area contributed by atoms with Gasteiger partial charge in [-0.2, -0.15) is 13.2 Å². The minimum absolute atomic E-state index is 0.200. The molecular formula is C9H5F3INOS2. The molecule has 92 valence electrons. The van der Waals surface area contributed by atoms with Crippen molar-refractivity contribution in [1.29, 1.82) is 0 Å². The first-order valence-corrected chi connectivity index (χ1v) is 7.10. The number of aromatic nitrogens is 1. The van der Waals surface area contributed by atoms with Crippen LogP contribution in [-0.2, 0) is 6.18 Å². The number of hydrogen-bond acceptors (Lipinski definition) is 4. The van der Waals surface area contributed by atoms with Gasteiger partial charge in [0.05, 0.1) is 7.76 Å². The van der Waals surface area contributed by atoms with Crippen molar-refractivity contribution in [3.63, 3.8) is 0 Å². The monoisotopic (exact) mass is 391 g/mol. The molecule has 1 atom stereocenters. The maximum Gasteiger partial charge on any atom is 0.443 e. The quantitative estimate of drug-likeness (QED) is 0.788. The lowest BCUT2D eigenvalue weighted by molar-refractivity contribution is -0.137. The van der Waals surface area contributed by atoms with Crippen LogP contribution in [0.1, 0.15) is 21.6 Å². The number of thiazole rings is 1. The van der Waals surface area contributed by atoms with Gasteiger partial charge in [-0.05, 0) is 39.6 Å². The molecule has 0 radical (unpaired) electrons. The van der Waals surface area contributed by atoms with Gasteiger partial charge in [-0.15, -0.1) is 22.7 Å². The first-order valence-electron chi connectivity index (χ1n) is 4.33. The van der Waals surface area contributed by atoms with E-state index in [2.05, 4.69) is 27.6 Å². The van der Waals surface area contributed by atoms with Gasteiger partial charge >= 0.3 is 6.18 Å². The Kier molecular flexibility index (Phi) is 3.76. The smallest absolute Gasteiger partial charge is 0.383 e. The first-order chi connectivity index (χ1) is 7.88. The third kappa shape index (κ3) is 2.98. The Balaban J connectivity index is 2.26. The van der Waals surface area contributed by atoms with E-state index in [9.17, 15) is 18.3 Å². The summed E-state index contributed by atoms with van der Waals surface area (Å²) >= 11 is 3.98. The minimum Gasteiger partial charge on any atom is -0.383 e. The SMILES string of the molecule is OC(c1csc(I)c1)c1cnc(C(F)(F)F)s1. The van der Waals surface area contributed by atoms with E-state index in [0.717, 1.165) is 9.08 Å². The van der Waals surface area contributed by atoms with E-state index in [0.29, 0.717) is 16.9 Å². The van der Waals surface area contributed by atoms with Gasteiger partial charge in [0.15, 0.2) is 5.01 Å². The predicted octanol–water partition coefficient (Wildman–Crippen LogP) is 3.91. The molecule has 0 aliphatic carbocycles. The van der Waals surface area contributed by atoms with Crippen molar-refractivity contribution < 1.29 is 18.3 Å². The zero-order valence-electron chi connectivity index (χ0n) is 8.03. The lowest BCUT2D eigenvalue weighted by atomic mass is 10.2. The van der Waals surface area contributed by atoms with Gasteiger partial charge in [-0.3, -0.25) is 0 Å². The van der Waals surface area contributed by atoms with Crippen LogP contribution in [0.15, 0.2) is 17.6 Å². The summed E-state index contributed by atoms with van der Waals surface area (Å²) in [6.07, 6.45) is -4.42. The second kappa shape index (κ2) is 4.82. The van der Waals surface area contributed by atoms with Gasteiger partial charge in [0.2, 0.25) is 0 Å². The fraction of sp³-hybridized carbons (Fsp3) is 0.222. The van der Waals surface area contributed by atoms with Crippen LogP contribution in [0.5, 0.6) is 0 Å². The normalized spacial score (nSPS) is 13.9. The number of alkyl halides is 3. The lowest BCUT2D eigenvalue weighted by Crippen LogP contribution is -2.03. The zero-order valence-corrected chi connectivity index (χ0v) is 11.8. The number of aliphatic hydroxyl groups excluding tert-OH is 1. The molecule has 2 rings (SSSR count). The van der Waals surface area contributed by atoms with Crippen LogP contribution < -0.4 is 0 Å². The maximum atomic E-state index is 12.3. The average Bonchev–Trinajstić information content (AvgIpc) is 2.83. The van der Waals surface area contributed by atoms with E-state index >= 15 is 0 Å². The van der Waals surface area contributed by atoms with Crippen molar-refractivity contribution in [2.24, 2.45) is 0 Å². The number of rotatable bonds is 2. The largest absolute Gasteiger partial charge is 0.443 e. The Hall–Kier alpha value is -0.190. The van der Waals surface area contributed by atoms with E-state index in [1.54, 1.807) is 11.4 Å². The molecule has 0 amide bonds. The van der Waals surface area contributed by atoms with Gasteiger partial charge in [0.1, 0.15) is 6.10 Å². The van der Waals surface area contributed by atoms with Gasteiger partial charge in [-0.25, -0.2) is 4.98 Å². The molecule has 0 aliphatic heterocycles. The third-order valence-electron chi connectivity index (χ3n) is 1.94. The van der Waals surface area contributed by atoms with Crippen molar-refractivity contribution in [3.8, 4) is 0 Å². The standard InChI is InChI=1S/C9H5F3INOS2/c10-9(11,12)8-14-2-5(17-8)7(15)4-1-6(13)16-3-4/h1-3,7,15H. The second-order valence-electron chi connectivity index (χ2n) is 3.15. The van der Waals surface area contributed by atoms with Crippen LogP contribution in [0.25, 0.3) is 0 Å². The van der Waals surface area contributed by atoms with E-state index in [1.165, 1.54) is 11.3 Å². The molecule has 0 bridgehead atoms. The lowest BCUT2D eigenvalue weighted by Gasteiger charge is -2.04. The first kappa shape index (κ1) is 13.2. The highest BCUT2D eigenvalue weighted by Crippen LogP contribution is 2.36. The van der Waals surface area contributed by atoms with Gasteiger partial charge in [0, 0.05) is 6.20 Å². The van der Waals surface area contributed by atoms with Crippen LogP contribution in [0, 0.1) is 2.88 Å². The van der Waals surface area contributed by atoms with Crippen LogP contribution in [-0.4, -0.2) is 10.1 Å². The molecule has 2 aromatic heterocycles. The Morgan fingerprint density at radius 3 is 2.59 bits per heavy atom. The number of nitrogens with zero attached hydrogens (tertiary/aromatic N) is 1. The molecule has 0 fully saturated rings. The molecule has 2 aromatic rings. The highest BCUT2D eigenvalue weighted by atomic mass is 127. The molecule has 0 aromatic carbocycles. The van der Waals surface area contributed by atoms with Crippen molar-refractivity contribution in [2.75, 3.05) is 0 Å². The Bertz CT molecular complexity index is 522. The number of halogens is 4. The molecule has 8 heteroatoms. The maximum absolute atomic E-state index is 12.3. The fourth-order valence-electron chi connectivity index (χ4n) is 1.18. The molecule has 1 unspecified atom stereocenters.